The van der Waals surface area contributed by atoms with Gasteiger partial charge in [-0.05, 0) is 17.5 Å². The number of rotatable bonds is 5. The second-order valence-corrected chi connectivity index (χ2v) is 6.10. The lowest BCUT2D eigenvalue weighted by Gasteiger charge is -2.10. The summed E-state index contributed by atoms with van der Waals surface area (Å²) in [7, 11) is 0. The summed E-state index contributed by atoms with van der Waals surface area (Å²) in [6, 6.07) is 18.7. The van der Waals surface area contributed by atoms with Crippen LogP contribution in [-0.2, 0) is 6.54 Å². The number of hydrogen-bond donors (Lipinski definition) is 0. The summed E-state index contributed by atoms with van der Waals surface area (Å²) in [5, 5.41) is 0. The molecule has 0 unspecified atom stereocenters. The molecule has 4 rings (SSSR count). The first kappa shape index (κ1) is 15.5. The second kappa shape index (κ2) is 6.85. The number of aromatic nitrogens is 4. The Morgan fingerprint density at radius 3 is 2.40 bits per heavy atom. The molecule has 0 aliphatic carbocycles. The molecule has 0 saturated heterocycles. The number of nitrogens with zero attached hydrogens (tertiary/aromatic N) is 4. The third-order valence-corrected chi connectivity index (χ3v) is 4.42. The van der Waals surface area contributed by atoms with Gasteiger partial charge in [-0.15, -0.1) is 0 Å². The summed E-state index contributed by atoms with van der Waals surface area (Å²) < 4.78 is 2.12. The maximum Gasteiger partial charge on any atom is 0.163 e. The van der Waals surface area contributed by atoms with E-state index >= 15 is 0 Å². The van der Waals surface area contributed by atoms with E-state index in [0.29, 0.717) is 0 Å². The molecule has 4 heteroatoms. The van der Waals surface area contributed by atoms with Gasteiger partial charge >= 0.3 is 0 Å². The molecule has 0 radical (unpaired) electrons. The largest absolute Gasteiger partial charge is 0.315 e. The van der Waals surface area contributed by atoms with Gasteiger partial charge in [-0.2, -0.15) is 0 Å². The molecule has 2 heterocycles. The summed E-state index contributed by atoms with van der Waals surface area (Å²) in [5.41, 5.74) is 6.08. The van der Waals surface area contributed by atoms with Gasteiger partial charge in [0.25, 0.3) is 0 Å². The minimum atomic E-state index is 0.863. The highest BCUT2D eigenvalue weighted by Gasteiger charge is 2.15. The van der Waals surface area contributed by atoms with E-state index in [1.54, 1.807) is 6.33 Å². The van der Waals surface area contributed by atoms with Crippen molar-refractivity contribution >= 4 is 11.2 Å². The van der Waals surface area contributed by atoms with Gasteiger partial charge in [0.15, 0.2) is 5.65 Å². The molecule has 0 fully saturated rings. The van der Waals surface area contributed by atoms with Crippen LogP contribution >= 0.6 is 0 Å². The van der Waals surface area contributed by atoms with Crippen molar-refractivity contribution < 1.29 is 0 Å². The van der Waals surface area contributed by atoms with Crippen molar-refractivity contribution in [3.05, 3.63) is 67.3 Å². The molecular weight excluding hydrogens is 308 g/mol. The van der Waals surface area contributed by atoms with Crippen LogP contribution in [0.5, 0.6) is 0 Å². The molecule has 0 N–H and O–H groups in total. The molecule has 4 nitrogen and oxygen atoms in total. The number of hydrogen-bond acceptors (Lipinski definition) is 3. The van der Waals surface area contributed by atoms with Crippen LogP contribution < -0.4 is 0 Å². The fourth-order valence-electron chi connectivity index (χ4n) is 3.13. The van der Waals surface area contributed by atoms with Crippen molar-refractivity contribution in [2.24, 2.45) is 0 Å². The number of fused-ring (bicyclic) bond motifs is 1. The molecule has 0 amide bonds. The summed E-state index contributed by atoms with van der Waals surface area (Å²) >= 11 is 0. The second-order valence-electron chi connectivity index (χ2n) is 6.10. The predicted molar refractivity (Wildman–Crippen MR) is 101 cm³/mol. The predicted octanol–water partition coefficient (Wildman–Crippen LogP) is 4.96. The van der Waals surface area contributed by atoms with Gasteiger partial charge in [-0.3, -0.25) is 0 Å². The first-order valence-electron chi connectivity index (χ1n) is 8.69. The smallest absolute Gasteiger partial charge is 0.163 e. The normalized spacial score (nSPS) is 11.1. The number of imidazole rings is 1. The number of benzene rings is 2. The monoisotopic (exact) mass is 328 g/mol. The van der Waals surface area contributed by atoms with Gasteiger partial charge in [0.05, 0.1) is 6.33 Å². The minimum absolute atomic E-state index is 0.863. The molecule has 0 atom stereocenters. The van der Waals surface area contributed by atoms with Crippen molar-refractivity contribution in [1.82, 2.24) is 19.5 Å². The van der Waals surface area contributed by atoms with Gasteiger partial charge in [0.1, 0.15) is 17.5 Å². The zero-order chi connectivity index (χ0) is 17.1. The van der Waals surface area contributed by atoms with Crippen molar-refractivity contribution in [3.8, 4) is 22.4 Å². The molecule has 0 aliphatic heterocycles. The Morgan fingerprint density at radius 1 is 0.840 bits per heavy atom. The quantitative estimate of drug-likeness (QED) is 0.520. The summed E-state index contributed by atoms with van der Waals surface area (Å²) in [6.45, 7) is 3.12. The summed E-state index contributed by atoms with van der Waals surface area (Å²) in [5.74, 6) is 0. The Kier molecular flexibility index (Phi) is 4.25. The molecule has 0 spiro atoms. The maximum atomic E-state index is 4.62. The molecule has 0 bridgehead atoms. The fraction of sp³-hybridized carbons (Fsp3) is 0.190. The molecule has 25 heavy (non-hydrogen) atoms. The Hall–Kier alpha value is -3.01. The highest BCUT2D eigenvalue weighted by Crippen LogP contribution is 2.33. The highest BCUT2D eigenvalue weighted by atomic mass is 15.1. The van der Waals surface area contributed by atoms with Crippen LogP contribution in [0, 0.1) is 0 Å². The zero-order valence-corrected chi connectivity index (χ0v) is 14.3. The fourth-order valence-corrected chi connectivity index (χ4v) is 3.13. The molecule has 2 aromatic carbocycles. The van der Waals surface area contributed by atoms with E-state index in [-0.39, 0.29) is 0 Å². The van der Waals surface area contributed by atoms with Crippen LogP contribution in [0.15, 0.2) is 67.3 Å². The Labute approximate surface area is 147 Å². The van der Waals surface area contributed by atoms with Crippen molar-refractivity contribution in [2.75, 3.05) is 0 Å². The van der Waals surface area contributed by atoms with Gasteiger partial charge in [-0.25, -0.2) is 15.0 Å². The average molecular weight is 328 g/mol. The molecule has 2 aromatic heterocycles. The first-order chi connectivity index (χ1) is 12.4. The SMILES string of the molecule is CCCCn1cnc2c(-c3ccccc3-c3ccccc3)ncnc21. The van der Waals surface area contributed by atoms with Gasteiger partial charge < -0.3 is 4.57 Å². The first-order valence-corrected chi connectivity index (χ1v) is 8.69. The molecule has 124 valence electrons. The third-order valence-electron chi connectivity index (χ3n) is 4.42. The number of unbranched alkanes of at least 4 members (excludes halogenated alkanes) is 1. The van der Waals surface area contributed by atoms with Crippen LogP contribution in [-0.4, -0.2) is 19.5 Å². The van der Waals surface area contributed by atoms with E-state index < -0.39 is 0 Å². The lowest BCUT2D eigenvalue weighted by molar-refractivity contribution is 0.641. The third kappa shape index (κ3) is 2.91. The van der Waals surface area contributed by atoms with Gasteiger partial charge in [-0.1, -0.05) is 67.9 Å². The van der Waals surface area contributed by atoms with E-state index in [1.807, 2.05) is 18.5 Å². The van der Waals surface area contributed by atoms with Crippen molar-refractivity contribution in [1.29, 1.82) is 0 Å². The Bertz CT molecular complexity index is 989. The zero-order valence-electron chi connectivity index (χ0n) is 14.3. The summed E-state index contributed by atoms with van der Waals surface area (Å²) in [6.07, 6.45) is 5.78. The minimum Gasteiger partial charge on any atom is -0.315 e. The lowest BCUT2D eigenvalue weighted by atomic mass is 9.97. The molecule has 0 saturated carbocycles. The van der Waals surface area contributed by atoms with Crippen molar-refractivity contribution in [2.45, 2.75) is 26.3 Å². The van der Waals surface area contributed by atoms with Crippen molar-refractivity contribution in [3.63, 3.8) is 0 Å². The Balaban J connectivity index is 1.88. The van der Waals surface area contributed by atoms with Crippen LogP contribution in [0.3, 0.4) is 0 Å². The summed E-state index contributed by atoms with van der Waals surface area (Å²) in [4.78, 5) is 13.7. The Morgan fingerprint density at radius 2 is 1.60 bits per heavy atom. The molecular formula is C21H20N4. The highest BCUT2D eigenvalue weighted by molar-refractivity contribution is 5.93. The van der Waals surface area contributed by atoms with Gasteiger partial charge in [0, 0.05) is 12.1 Å². The van der Waals surface area contributed by atoms with Gasteiger partial charge in [0.2, 0.25) is 0 Å². The van der Waals surface area contributed by atoms with E-state index in [2.05, 4.69) is 68.9 Å². The van der Waals surface area contributed by atoms with E-state index in [4.69, 9.17) is 0 Å². The topological polar surface area (TPSA) is 43.6 Å². The number of aryl methyl sites for hydroxylation is 1. The van der Waals surface area contributed by atoms with E-state index in [9.17, 15) is 0 Å². The van der Waals surface area contributed by atoms with E-state index in [0.717, 1.165) is 47.4 Å². The molecule has 0 aliphatic rings. The van der Waals surface area contributed by atoms with Crippen LogP contribution in [0.2, 0.25) is 0 Å². The van der Waals surface area contributed by atoms with Crippen LogP contribution in [0.4, 0.5) is 0 Å². The van der Waals surface area contributed by atoms with E-state index in [1.165, 1.54) is 5.56 Å². The standard InChI is InChI=1S/C21H20N4/c1-2-3-13-25-15-24-20-19(22-14-23-21(20)25)18-12-8-7-11-17(18)16-9-5-4-6-10-16/h4-12,14-15H,2-3,13H2,1H3. The lowest BCUT2D eigenvalue weighted by Crippen LogP contribution is -1.98. The average Bonchev–Trinajstić information content (AvgIpc) is 3.10. The van der Waals surface area contributed by atoms with Crippen LogP contribution in [0.25, 0.3) is 33.5 Å². The van der Waals surface area contributed by atoms with Crippen LogP contribution in [0.1, 0.15) is 19.8 Å². The maximum absolute atomic E-state index is 4.62. The molecule has 4 aromatic rings.